The normalized spacial score (nSPS) is 15.9. The number of nitriles is 4. The molecule has 4 unspecified atom stereocenters. The van der Waals surface area contributed by atoms with Gasteiger partial charge in [-0.1, -0.05) is 120 Å². The van der Waals surface area contributed by atoms with E-state index in [1.54, 1.807) is 99.2 Å². The van der Waals surface area contributed by atoms with Crippen molar-refractivity contribution in [2.45, 2.75) is 58.5 Å². The van der Waals surface area contributed by atoms with Crippen LogP contribution in [0.4, 0.5) is 23.6 Å². The highest BCUT2D eigenvalue weighted by Gasteiger charge is 2.35. The quantitative estimate of drug-likeness (QED) is 0.0417. The molecule has 7 aromatic heterocycles. The molecule has 25 nitrogen and oxygen atoms in total. The largest absolute Gasteiger partial charge is 0.487 e. The molecule has 17 rings (SSSR count). The number of nitrogens with zero attached hydrogens (tertiary/aromatic N) is 11. The number of aromatic nitrogens is 7. The molecule has 32 heteroatoms. The minimum Gasteiger partial charge on any atom is -0.487 e. The fourth-order valence-electron chi connectivity index (χ4n) is 13.3. The highest BCUT2D eigenvalue weighted by atomic mass is 35.5. The number of hydrogen-bond acceptors (Lipinski definition) is 21. The molecule has 0 radical (unpaired) electrons. The number of rotatable bonds is 16. The van der Waals surface area contributed by atoms with Gasteiger partial charge >= 0.3 is 24.1 Å². The van der Waals surface area contributed by atoms with E-state index in [1.165, 1.54) is 51.5 Å². The van der Waals surface area contributed by atoms with E-state index >= 15 is 0 Å². The zero-order valence-corrected chi connectivity index (χ0v) is 69.3. The second-order valence-corrected chi connectivity index (χ2v) is 31.3. The van der Waals surface area contributed by atoms with Crippen LogP contribution in [0.3, 0.4) is 0 Å². The lowest BCUT2D eigenvalue weighted by molar-refractivity contribution is 0.239. The summed E-state index contributed by atoms with van der Waals surface area (Å²) < 4.78 is 25.3. The van der Waals surface area contributed by atoms with Crippen molar-refractivity contribution in [3.63, 3.8) is 0 Å². The highest BCUT2D eigenvalue weighted by molar-refractivity contribution is 7.12. The van der Waals surface area contributed by atoms with Gasteiger partial charge in [0.15, 0.2) is 0 Å². The fraction of sp³-hybridized carbons (Fsp3) is 0.112. The van der Waals surface area contributed by atoms with E-state index in [2.05, 4.69) is 86.7 Å². The molecule has 0 fully saturated rings. The zero-order chi connectivity index (χ0) is 84.8. The fourth-order valence-corrected chi connectivity index (χ4v) is 17.5. The van der Waals surface area contributed by atoms with Gasteiger partial charge in [0.05, 0.1) is 106 Å². The SMILES string of the molecule is CC1=C(c2nc(-c3ccc(C#N)cc3)cs2)C(c2ccc(Cl)nc2)NC(=O)N1.CC1=C(c2nc(-c3ccc(C#N)cc3)cs2)C(c2ccc(OCc3ccccc3)c(Cl)c2)NC(=O)N1.CC1=C(c2nc(-c3ccc(C#N)cc3)cs2)C(c2cccnc2F)NC(=O)N1.COc1ccc(C2NC(=O)NC(C)=C2c2nc(-c3ccc(C#N)cc3)cs2)cn1. The minimum absolute atomic E-state index is 0.268. The Hall–Kier alpha value is -14.6. The number of nitrogens with one attached hydrogen (secondary N) is 8. The molecular formula is C89H66Cl2FN19O6S4. The smallest absolute Gasteiger partial charge is 0.319 e. The first kappa shape index (κ1) is 82.9. The van der Waals surface area contributed by atoms with Crippen molar-refractivity contribution in [1.82, 2.24) is 77.4 Å². The molecule has 0 spiro atoms. The molecule has 121 heavy (non-hydrogen) atoms. The van der Waals surface area contributed by atoms with Crippen LogP contribution < -0.4 is 52.0 Å². The Morgan fingerprint density at radius 1 is 0.421 bits per heavy atom. The number of ether oxygens (including phenoxy) is 2. The van der Waals surface area contributed by atoms with Gasteiger partial charge < -0.3 is 52.0 Å². The number of allylic oxidation sites excluding steroid dienone is 4. The summed E-state index contributed by atoms with van der Waals surface area (Å²) in [5, 5.41) is 70.5. The van der Waals surface area contributed by atoms with E-state index in [0.717, 1.165) is 116 Å². The minimum atomic E-state index is -0.692. The van der Waals surface area contributed by atoms with Gasteiger partial charge in [-0.05, 0) is 129 Å². The number of carbonyl (C=O) groups excluding carboxylic acids is 4. The van der Waals surface area contributed by atoms with Crippen LogP contribution in [0.5, 0.6) is 11.6 Å². The van der Waals surface area contributed by atoms with E-state index in [9.17, 15) is 23.6 Å². The maximum absolute atomic E-state index is 14.3. The number of hydrogen-bond donors (Lipinski definition) is 8. The van der Waals surface area contributed by atoms with Gasteiger partial charge in [-0.25, -0.2) is 54.1 Å². The van der Waals surface area contributed by atoms with E-state index in [-0.39, 0.29) is 35.7 Å². The molecule has 6 aromatic carbocycles. The van der Waals surface area contributed by atoms with Crippen LogP contribution in [-0.4, -0.2) is 66.1 Å². The average Bonchev–Trinajstić information content (AvgIpc) is 1.75. The topological polar surface area (TPSA) is 368 Å². The van der Waals surface area contributed by atoms with Crippen molar-refractivity contribution in [2.24, 2.45) is 0 Å². The van der Waals surface area contributed by atoms with Crippen LogP contribution in [0, 0.1) is 51.3 Å². The third-order valence-corrected chi connectivity index (χ3v) is 23.3. The summed E-state index contributed by atoms with van der Waals surface area (Å²) in [5.74, 6) is 0.446. The van der Waals surface area contributed by atoms with Gasteiger partial charge in [-0.2, -0.15) is 25.4 Å². The van der Waals surface area contributed by atoms with Crippen LogP contribution in [-0.2, 0) is 6.61 Å². The Labute approximate surface area is 719 Å². The second kappa shape index (κ2) is 37.8. The molecule has 0 aliphatic carbocycles. The van der Waals surface area contributed by atoms with Crippen molar-refractivity contribution in [3.8, 4) is 80.9 Å². The van der Waals surface area contributed by atoms with Crippen molar-refractivity contribution >= 4 is 115 Å². The molecule has 8 amide bonds. The van der Waals surface area contributed by atoms with Crippen molar-refractivity contribution in [3.05, 3.63) is 331 Å². The van der Waals surface area contributed by atoms with Crippen LogP contribution >= 0.6 is 68.5 Å². The summed E-state index contributed by atoms with van der Waals surface area (Å²) in [6.45, 7) is 7.75. The number of carbonyl (C=O) groups is 4. The number of methoxy groups -OCH3 is 1. The predicted octanol–water partition coefficient (Wildman–Crippen LogP) is 19.1. The average molecular weight is 1720 g/mol. The predicted molar refractivity (Wildman–Crippen MR) is 464 cm³/mol. The standard InChI is InChI=1S/C28H21ClN4O2S.C21H17N5O2S.C20H14ClN5OS.C20H14FN5OS/c1-17-25(27-32-23(16-36-27)20-9-7-18(14-30)8-10-20)26(33-28(34)31-17)21-11-12-24(22(29)13-21)35-15-19-5-3-2-4-6-19;1-12-18(19(26-21(27)24-12)15-7-8-17(28-2)23-10-15)20-25-16(11-29-20)14-5-3-13(9-22)4-6-14;1-11-17(18(26-20(27)24-11)14-6-7-16(21)23-9-14)19-25-15(10-28-19)13-4-2-12(8-22)3-5-13;1-11-16(17(26-20(27)24-11)14-3-2-8-23-18(14)21)19-25-15(10-28-19)13-6-4-12(9-22)5-7-13/h2-13,16,26H,15H2,1H3,(H2,31,33,34);3-8,10-11,19H,1-2H3,(H2,24,26,27);2-7,9-10,18H,1H3,(H2,24,26,27);2-8,10,17H,1H3,(H2,24,26,27). The first-order chi connectivity index (χ1) is 58.7. The molecule has 598 valence electrons. The molecule has 4 aliphatic heterocycles. The zero-order valence-electron chi connectivity index (χ0n) is 64.5. The van der Waals surface area contributed by atoms with Crippen LogP contribution in [0.15, 0.2) is 245 Å². The number of amides is 8. The Balaban J connectivity index is 0.000000133. The van der Waals surface area contributed by atoms with Gasteiger partial charge in [0, 0.05) is 119 Å². The first-order valence-electron chi connectivity index (χ1n) is 36.9. The number of benzene rings is 6. The molecule has 4 aliphatic rings. The van der Waals surface area contributed by atoms with Gasteiger partial charge in [0.2, 0.25) is 11.8 Å². The summed E-state index contributed by atoms with van der Waals surface area (Å²) in [7, 11) is 1.56. The second-order valence-electron chi connectivity index (χ2n) is 27.1. The molecule has 0 bridgehead atoms. The summed E-state index contributed by atoms with van der Waals surface area (Å²) >= 11 is 18.4. The summed E-state index contributed by atoms with van der Waals surface area (Å²) in [6.07, 6.45) is 4.71. The lowest BCUT2D eigenvalue weighted by Gasteiger charge is -2.28. The van der Waals surface area contributed by atoms with Crippen LogP contribution in [0.1, 0.15) is 122 Å². The lowest BCUT2D eigenvalue weighted by atomic mass is 9.96. The third-order valence-electron chi connectivity index (χ3n) is 19.3. The van der Waals surface area contributed by atoms with E-state index in [4.69, 9.17) is 68.7 Å². The first-order valence-corrected chi connectivity index (χ1v) is 41.2. The Morgan fingerprint density at radius 2 is 0.785 bits per heavy atom. The highest BCUT2D eigenvalue weighted by Crippen LogP contribution is 2.44. The van der Waals surface area contributed by atoms with Crippen molar-refractivity contribution in [1.29, 1.82) is 21.0 Å². The van der Waals surface area contributed by atoms with Crippen molar-refractivity contribution in [2.75, 3.05) is 7.11 Å². The third kappa shape index (κ3) is 19.5. The number of pyridine rings is 3. The van der Waals surface area contributed by atoms with Gasteiger partial charge in [-0.15, -0.1) is 45.3 Å². The van der Waals surface area contributed by atoms with Crippen LogP contribution in [0.25, 0.3) is 67.3 Å². The number of halogens is 3. The lowest BCUT2D eigenvalue weighted by Crippen LogP contribution is -2.43. The Morgan fingerprint density at radius 3 is 1.13 bits per heavy atom. The molecule has 8 N–H and O–H groups in total. The van der Waals surface area contributed by atoms with Crippen molar-refractivity contribution < 1.29 is 33.0 Å². The van der Waals surface area contributed by atoms with E-state index in [0.29, 0.717) is 66.9 Å². The van der Waals surface area contributed by atoms with E-state index in [1.807, 2.05) is 151 Å². The summed E-state index contributed by atoms with van der Waals surface area (Å²) in [6, 6.07) is 60.2. The van der Waals surface area contributed by atoms with Gasteiger partial charge in [0.25, 0.3) is 0 Å². The number of urea groups is 4. The summed E-state index contributed by atoms with van der Waals surface area (Å²) in [4.78, 5) is 79.7. The van der Waals surface area contributed by atoms with Gasteiger partial charge in [-0.3, -0.25) is 0 Å². The summed E-state index contributed by atoms with van der Waals surface area (Å²) in [5.41, 5.74) is 19.2. The molecule has 0 saturated heterocycles. The maximum Gasteiger partial charge on any atom is 0.319 e. The van der Waals surface area contributed by atoms with Gasteiger partial charge in [0.1, 0.15) is 37.5 Å². The monoisotopic (exact) mass is 1710 g/mol. The Kier molecular flexibility index (Phi) is 25.9. The molecule has 0 saturated carbocycles. The maximum atomic E-state index is 14.3. The Bertz CT molecular complexity index is 6410. The molecule has 4 atom stereocenters. The van der Waals surface area contributed by atoms with Crippen LogP contribution in [0.2, 0.25) is 10.2 Å². The molecular weight excluding hydrogens is 1650 g/mol. The molecule has 13 aromatic rings. The van der Waals surface area contributed by atoms with E-state index < -0.39 is 24.1 Å². The number of thiazole rings is 4. The molecule has 11 heterocycles.